The SMILES string of the molecule is Cc1ccc(CSc2nnc3c(n2)O[C@@H](c2ccc(C)cc2)Nc2ccccc2-3)cc1. The molecule has 5 rings (SSSR count). The van der Waals surface area contributed by atoms with Crippen molar-refractivity contribution in [3.05, 3.63) is 95.1 Å². The molecule has 1 N–H and O–H groups in total. The van der Waals surface area contributed by atoms with E-state index >= 15 is 0 Å². The van der Waals surface area contributed by atoms with Gasteiger partial charge in [-0.1, -0.05) is 89.6 Å². The first kappa shape index (κ1) is 19.6. The number of aryl methyl sites for hydroxylation is 2. The third-order valence-electron chi connectivity index (χ3n) is 5.20. The molecule has 0 saturated heterocycles. The number of rotatable bonds is 4. The summed E-state index contributed by atoms with van der Waals surface area (Å²) >= 11 is 1.55. The summed E-state index contributed by atoms with van der Waals surface area (Å²) in [5, 5.41) is 12.9. The van der Waals surface area contributed by atoms with Gasteiger partial charge in [0.2, 0.25) is 11.0 Å². The first-order valence-electron chi connectivity index (χ1n) is 10.2. The van der Waals surface area contributed by atoms with E-state index in [0.717, 1.165) is 22.6 Å². The lowest BCUT2D eigenvalue weighted by Gasteiger charge is -2.19. The van der Waals surface area contributed by atoms with Crippen molar-refractivity contribution in [2.75, 3.05) is 5.32 Å². The first-order chi connectivity index (χ1) is 15.2. The third-order valence-corrected chi connectivity index (χ3v) is 6.11. The molecule has 4 aromatic rings. The van der Waals surface area contributed by atoms with Gasteiger partial charge in [-0.3, -0.25) is 0 Å². The number of ether oxygens (including phenoxy) is 1. The normalized spacial score (nSPS) is 14.6. The maximum absolute atomic E-state index is 6.34. The van der Waals surface area contributed by atoms with Crippen molar-refractivity contribution < 1.29 is 4.74 Å². The molecule has 0 fully saturated rings. The summed E-state index contributed by atoms with van der Waals surface area (Å²) < 4.78 is 6.34. The van der Waals surface area contributed by atoms with Crippen LogP contribution in [0.4, 0.5) is 5.69 Å². The molecule has 5 nitrogen and oxygen atoms in total. The molecule has 6 heteroatoms. The van der Waals surface area contributed by atoms with E-state index in [4.69, 9.17) is 9.72 Å². The van der Waals surface area contributed by atoms with Crippen molar-refractivity contribution in [2.45, 2.75) is 31.0 Å². The first-order valence-corrected chi connectivity index (χ1v) is 11.2. The number of thioether (sulfide) groups is 1. The molecule has 1 aliphatic rings. The highest BCUT2D eigenvalue weighted by atomic mass is 32.2. The average Bonchev–Trinajstić information content (AvgIpc) is 2.96. The number of nitrogens with one attached hydrogen (secondary N) is 1. The summed E-state index contributed by atoms with van der Waals surface area (Å²) in [5.41, 5.74) is 7.23. The second kappa shape index (κ2) is 8.40. The van der Waals surface area contributed by atoms with Gasteiger partial charge in [-0.2, -0.15) is 4.98 Å². The van der Waals surface area contributed by atoms with Crippen molar-refractivity contribution in [1.82, 2.24) is 15.2 Å². The fourth-order valence-electron chi connectivity index (χ4n) is 3.43. The Morgan fingerprint density at radius 2 is 1.58 bits per heavy atom. The van der Waals surface area contributed by atoms with E-state index in [1.807, 2.05) is 24.3 Å². The summed E-state index contributed by atoms with van der Waals surface area (Å²) in [6.07, 6.45) is -0.366. The molecular formula is C25H22N4OS. The molecule has 1 aliphatic heterocycles. The van der Waals surface area contributed by atoms with Gasteiger partial charge in [0.25, 0.3) is 0 Å². The van der Waals surface area contributed by atoms with Crippen LogP contribution < -0.4 is 10.1 Å². The Bertz CT molecular complexity index is 1210. The molecule has 1 atom stereocenters. The lowest BCUT2D eigenvalue weighted by molar-refractivity contribution is 0.225. The Balaban J connectivity index is 1.47. The van der Waals surface area contributed by atoms with Gasteiger partial charge in [-0.25, -0.2) is 0 Å². The van der Waals surface area contributed by atoms with Crippen LogP contribution in [-0.2, 0) is 5.75 Å². The highest BCUT2D eigenvalue weighted by Crippen LogP contribution is 2.39. The van der Waals surface area contributed by atoms with E-state index in [0.29, 0.717) is 16.7 Å². The Morgan fingerprint density at radius 3 is 2.35 bits per heavy atom. The quantitative estimate of drug-likeness (QED) is 0.407. The van der Waals surface area contributed by atoms with E-state index in [2.05, 4.69) is 77.9 Å². The smallest absolute Gasteiger partial charge is 0.247 e. The van der Waals surface area contributed by atoms with Crippen LogP contribution in [0.25, 0.3) is 11.3 Å². The molecular weight excluding hydrogens is 404 g/mol. The predicted octanol–water partition coefficient (Wildman–Crippen LogP) is 5.95. The fourth-order valence-corrected chi connectivity index (χ4v) is 4.17. The summed E-state index contributed by atoms with van der Waals surface area (Å²) in [4.78, 5) is 4.73. The monoisotopic (exact) mass is 426 g/mol. The van der Waals surface area contributed by atoms with Crippen LogP contribution in [0, 0.1) is 13.8 Å². The molecule has 0 radical (unpaired) electrons. The summed E-state index contributed by atoms with van der Waals surface area (Å²) in [5.74, 6) is 1.26. The second-order valence-corrected chi connectivity index (χ2v) is 8.56. The predicted molar refractivity (Wildman–Crippen MR) is 124 cm³/mol. The Morgan fingerprint density at radius 1 is 0.871 bits per heavy atom. The zero-order valence-electron chi connectivity index (χ0n) is 17.4. The van der Waals surface area contributed by atoms with E-state index in [1.165, 1.54) is 16.7 Å². The van der Waals surface area contributed by atoms with Crippen LogP contribution in [0.1, 0.15) is 28.5 Å². The Kier molecular flexibility index (Phi) is 5.30. The molecule has 0 spiro atoms. The summed E-state index contributed by atoms with van der Waals surface area (Å²) in [6.45, 7) is 4.16. The maximum atomic E-state index is 6.34. The van der Waals surface area contributed by atoms with Crippen LogP contribution >= 0.6 is 11.8 Å². The Labute approximate surface area is 185 Å². The lowest BCUT2D eigenvalue weighted by Crippen LogP contribution is -2.17. The molecule has 0 aliphatic carbocycles. The highest BCUT2D eigenvalue weighted by molar-refractivity contribution is 7.98. The van der Waals surface area contributed by atoms with Crippen LogP contribution in [-0.4, -0.2) is 15.2 Å². The number of nitrogens with zero attached hydrogens (tertiary/aromatic N) is 3. The van der Waals surface area contributed by atoms with Gasteiger partial charge in [-0.15, -0.1) is 10.2 Å². The third kappa shape index (κ3) is 4.25. The van der Waals surface area contributed by atoms with Crippen LogP contribution in [0.15, 0.2) is 78.0 Å². The number of para-hydroxylation sites is 1. The topological polar surface area (TPSA) is 59.9 Å². The van der Waals surface area contributed by atoms with Gasteiger partial charge < -0.3 is 10.1 Å². The van der Waals surface area contributed by atoms with Gasteiger partial charge in [0.1, 0.15) is 0 Å². The number of anilines is 1. The molecule has 0 bridgehead atoms. The largest absolute Gasteiger partial charge is 0.448 e. The molecule has 31 heavy (non-hydrogen) atoms. The van der Waals surface area contributed by atoms with Crippen LogP contribution in [0.3, 0.4) is 0 Å². The van der Waals surface area contributed by atoms with Gasteiger partial charge in [-0.05, 0) is 25.5 Å². The van der Waals surface area contributed by atoms with Gasteiger partial charge in [0.05, 0.1) is 0 Å². The van der Waals surface area contributed by atoms with Gasteiger partial charge >= 0.3 is 0 Å². The minimum absolute atomic E-state index is 0.366. The minimum Gasteiger partial charge on any atom is -0.448 e. The molecule has 2 heterocycles. The Hall–Kier alpha value is -3.38. The number of benzene rings is 3. The maximum Gasteiger partial charge on any atom is 0.247 e. The van der Waals surface area contributed by atoms with Crippen LogP contribution in [0.2, 0.25) is 0 Å². The van der Waals surface area contributed by atoms with Crippen molar-refractivity contribution in [1.29, 1.82) is 0 Å². The molecule has 154 valence electrons. The van der Waals surface area contributed by atoms with E-state index in [1.54, 1.807) is 11.8 Å². The number of hydrogen-bond donors (Lipinski definition) is 1. The van der Waals surface area contributed by atoms with Gasteiger partial charge in [0.15, 0.2) is 11.9 Å². The second-order valence-electron chi connectivity index (χ2n) is 7.62. The molecule has 1 aromatic heterocycles. The zero-order chi connectivity index (χ0) is 21.2. The minimum atomic E-state index is -0.366. The highest BCUT2D eigenvalue weighted by Gasteiger charge is 2.25. The fraction of sp³-hybridized carbons (Fsp3) is 0.160. The van der Waals surface area contributed by atoms with E-state index < -0.39 is 0 Å². The summed E-state index contributed by atoms with van der Waals surface area (Å²) in [7, 11) is 0. The molecule has 0 amide bonds. The molecule has 3 aromatic carbocycles. The molecule has 0 saturated carbocycles. The standard InChI is InChI=1S/C25H22N4OS/c1-16-7-11-18(12-8-16)15-31-25-27-24-22(28-29-25)20-5-3-4-6-21(20)26-23(30-24)19-13-9-17(2)10-14-19/h3-14,23,26H,15H2,1-2H3/t23-/m0/s1. The lowest BCUT2D eigenvalue weighted by atomic mass is 10.1. The zero-order valence-corrected chi connectivity index (χ0v) is 18.2. The molecule has 0 unspecified atom stereocenters. The number of hydrogen-bond acceptors (Lipinski definition) is 6. The summed E-state index contributed by atoms with van der Waals surface area (Å²) in [6, 6.07) is 24.8. The van der Waals surface area contributed by atoms with Crippen molar-refractivity contribution in [3.63, 3.8) is 0 Å². The van der Waals surface area contributed by atoms with Gasteiger partial charge in [0, 0.05) is 22.6 Å². The number of aromatic nitrogens is 3. The van der Waals surface area contributed by atoms with E-state index in [-0.39, 0.29) is 6.23 Å². The number of fused-ring (bicyclic) bond motifs is 3. The van der Waals surface area contributed by atoms with Crippen molar-refractivity contribution in [2.24, 2.45) is 0 Å². The van der Waals surface area contributed by atoms with Crippen molar-refractivity contribution >= 4 is 17.4 Å². The average molecular weight is 427 g/mol. The van der Waals surface area contributed by atoms with Crippen LogP contribution in [0.5, 0.6) is 5.88 Å². The van der Waals surface area contributed by atoms with E-state index in [9.17, 15) is 0 Å². The van der Waals surface area contributed by atoms with Crippen molar-refractivity contribution in [3.8, 4) is 17.1 Å².